The first-order chi connectivity index (χ1) is 12.1. The summed E-state index contributed by atoms with van der Waals surface area (Å²) in [7, 11) is 0. The SMILES string of the molecule is C=CCc1cc(/C=N\NC(=O)c2ccccc2F)cc(OCC)c1O. The quantitative estimate of drug-likeness (QED) is 0.460. The van der Waals surface area contributed by atoms with E-state index >= 15 is 0 Å². The van der Waals surface area contributed by atoms with Gasteiger partial charge in [-0.1, -0.05) is 18.2 Å². The summed E-state index contributed by atoms with van der Waals surface area (Å²) in [4.78, 5) is 11.9. The molecule has 0 fully saturated rings. The maximum Gasteiger partial charge on any atom is 0.274 e. The van der Waals surface area contributed by atoms with Crippen molar-refractivity contribution < 1.29 is 19.0 Å². The van der Waals surface area contributed by atoms with E-state index in [9.17, 15) is 14.3 Å². The molecule has 0 aliphatic rings. The highest BCUT2D eigenvalue weighted by Gasteiger charge is 2.11. The van der Waals surface area contributed by atoms with E-state index in [2.05, 4.69) is 17.1 Å². The molecule has 25 heavy (non-hydrogen) atoms. The van der Waals surface area contributed by atoms with E-state index in [-0.39, 0.29) is 11.3 Å². The molecule has 130 valence electrons. The number of nitrogens with one attached hydrogen (secondary N) is 1. The zero-order valence-corrected chi connectivity index (χ0v) is 13.8. The fourth-order valence-corrected chi connectivity index (χ4v) is 2.21. The highest BCUT2D eigenvalue weighted by molar-refractivity contribution is 5.95. The molecule has 1 amide bonds. The second-order valence-corrected chi connectivity index (χ2v) is 5.13. The number of hydrogen-bond acceptors (Lipinski definition) is 4. The Hall–Kier alpha value is -3.15. The Morgan fingerprint density at radius 3 is 2.84 bits per heavy atom. The van der Waals surface area contributed by atoms with Crippen molar-refractivity contribution in [1.82, 2.24) is 5.43 Å². The molecule has 0 saturated heterocycles. The molecule has 0 unspecified atom stereocenters. The highest BCUT2D eigenvalue weighted by Crippen LogP contribution is 2.31. The van der Waals surface area contributed by atoms with E-state index in [4.69, 9.17) is 4.74 Å². The van der Waals surface area contributed by atoms with Crippen molar-refractivity contribution in [3.05, 3.63) is 71.6 Å². The third kappa shape index (κ3) is 4.67. The number of phenolic OH excluding ortho intramolecular Hbond substituents is 1. The Labute approximate surface area is 145 Å². The molecule has 2 aromatic rings. The normalized spacial score (nSPS) is 10.6. The largest absolute Gasteiger partial charge is 0.504 e. The Kier molecular flexibility index (Phi) is 6.28. The third-order valence-electron chi connectivity index (χ3n) is 3.34. The van der Waals surface area contributed by atoms with Crippen molar-refractivity contribution in [3.63, 3.8) is 0 Å². The molecule has 0 heterocycles. The Morgan fingerprint density at radius 1 is 1.40 bits per heavy atom. The molecule has 0 radical (unpaired) electrons. The van der Waals surface area contributed by atoms with Crippen LogP contribution >= 0.6 is 0 Å². The Balaban J connectivity index is 2.18. The van der Waals surface area contributed by atoms with Crippen LogP contribution in [0.1, 0.15) is 28.4 Å². The number of rotatable bonds is 7. The van der Waals surface area contributed by atoms with Crippen LogP contribution in [-0.4, -0.2) is 23.8 Å². The predicted molar refractivity (Wildman–Crippen MR) is 94.6 cm³/mol. The average Bonchev–Trinajstić information content (AvgIpc) is 2.59. The van der Waals surface area contributed by atoms with Crippen LogP contribution in [0.4, 0.5) is 4.39 Å². The highest BCUT2D eigenvalue weighted by atomic mass is 19.1. The predicted octanol–water partition coefficient (Wildman–Crippen LogP) is 3.42. The van der Waals surface area contributed by atoms with Gasteiger partial charge < -0.3 is 9.84 Å². The van der Waals surface area contributed by atoms with Crippen molar-refractivity contribution in [2.75, 3.05) is 6.61 Å². The first-order valence-corrected chi connectivity index (χ1v) is 7.74. The summed E-state index contributed by atoms with van der Waals surface area (Å²) in [5.74, 6) is -0.894. The molecule has 5 nitrogen and oxygen atoms in total. The Morgan fingerprint density at radius 2 is 2.16 bits per heavy atom. The molecule has 0 atom stereocenters. The summed E-state index contributed by atoms with van der Waals surface area (Å²) in [6.07, 6.45) is 3.51. The summed E-state index contributed by atoms with van der Waals surface area (Å²) in [5.41, 5.74) is 3.43. The lowest BCUT2D eigenvalue weighted by Gasteiger charge is -2.10. The van der Waals surface area contributed by atoms with Crippen LogP contribution in [0.5, 0.6) is 11.5 Å². The van der Waals surface area contributed by atoms with Crippen LogP contribution in [0.2, 0.25) is 0 Å². The van der Waals surface area contributed by atoms with E-state index in [1.807, 2.05) is 6.92 Å². The van der Waals surface area contributed by atoms with Gasteiger partial charge in [0, 0.05) is 5.56 Å². The molecular weight excluding hydrogens is 323 g/mol. The van der Waals surface area contributed by atoms with Crippen LogP contribution in [0.15, 0.2) is 54.2 Å². The molecular formula is C19H19FN2O3. The van der Waals surface area contributed by atoms with Gasteiger partial charge in [-0.3, -0.25) is 4.79 Å². The van der Waals surface area contributed by atoms with E-state index in [0.717, 1.165) is 0 Å². The summed E-state index contributed by atoms with van der Waals surface area (Å²) >= 11 is 0. The molecule has 2 aromatic carbocycles. The fraction of sp³-hybridized carbons (Fsp3) is 0.158. The molecule has 0 bridgehead atoms. The summed E-state index contributed by atoms with van der Waals surface area (Å²) in [6, 6.07) is 8.95. The van der Waals surface area contributed by atoms with Crippen LogP contribution in [0.25, 0.3) is 0 Å². The van der Waals surface area contributed by atoms with Gasteiger partial charge in [0.1, 0.15) is 5.82 Å². The molecule has 0 spiro atoms. The maximum atomic E-state index is 13.5. The number of nitrogens with zero attached hydrogens (tertiary/aromatic N) is 1. The van der Waals surface area contributed by atoms with Crippen LogP contribution in [0.3, 0.4) is 0 Å². The molecule has 0 saturated carbocycles. The summed E-state index contributed by atoms with van der Waals surface area (Å²) in [5, 5.41) is 14.0. The molecule has 2 rings (SSSR count). The van der Waals surface area contributed by atoms with Gasteiger partial charge in [0.2, 0.25) is 0 Å². The lowest BCUT2D eigenvalue weighted by molar-refractivity contribution is 0.0951. The first kappa shape index (κ1) is 18.2. The topological polar surface area (TPSA) is 70.9 Å². The molecule has 0 aliphatic carbocycles. The van der Waals surface area contributed by atoms with Gasteiger partial charge in [-0.2, -0.15) is 5.10 Å². The second-order valence-electron chi connectivity index (χ2n) is 5.13. The number of allylic oxidation sites excluding steroid dienone is 1. The van der Waals surface area contributed by atoms with Gasteiger partial charge >= 0.3 is 0 Å². The van der Waals surface area contributed by atoms with E-state index in [1.54, 1.807) is 24.3 Å². The first-order valence-electron chi connectivity index (χ1n) is 7.74. The van der Waals surface area contributed by atoms with Gasteiger partial charge in [0.05, 0.1) is 18.4 Å². The number of hydrogen-bond donors (Lipinski definition) is 2. The number of carbonyl (C=O) groups is 1. The average molecular weight is 342 g/mol. The molecule has 2 N–H and O–H groups in total. The summed E-state index contributed by atoms with van der Waals surface area (Å²) < 4.78 is 18.9. The van der Waals surface area contributed by atoms with E-state index in [0.29, 0.717) is 29.9 Å². The molecule has 0 aromatic heterocycles. The van der Waals surface area contributed by atoms with Crippen LogP contribution < -0.4 is 10.2 Å². The third-order valence-corrected chi connectivity index (χ3v) is 3.34. The molecule has 6 heteroatoms. The minimum Gasteiger partial charge on any atom is -0.504 e. The van der Waals surface area contributed by atoms with E-state index in [1.165, 1.54) is 24.4 Å². The van der Waals surface area contributed by atoms with Gasteiger partial charge in [-0.25, -0.2) is 9.82 Å². The smallest absolute Gasteiger partial charge is 0.274 e. The van der Waals surface area contributed by atoms with Gasteiger partial charge in [-0.15, -0.1) is 6.58 Å². The zero-order chi connectivity index (χ0) is 18.2. The zero-order valence-electron chi connectivity index (χ0n) is 13.8. The van der Waals surface area contributed by atoms with Gasteiger partial charge in [-0.05, 0) is 43.2 Å². The number of aromatic hydroxyl groups is 1. The number of ether oxygens (including phenoxy) is 1. The second kappa shape index (κ2) is 8.63. The van der Waals surface area contributed by atoms with Crippen molar-refractivity contribution in [1.29, 1.82) is 0 Å². The maximum absolute atomic E-state index is 13.5. The van der Waals surface area contributed by atoms with E-state index < -0.39 is 11.7 Å². The van der Waals surface area contributed by atoms with Crippen molar-refractivity contribution in [3.8, 4) is 11.5 Å². The standard InChI is InChI=1S/C19H19FN2O3/c1-3-7-14-10-13(11-17(18(14)23)25-4-2)12-21-22-19(24)15-8-5-6-9-16(15)20/h3,5-6,8-12,23H,1,4,7H2,2H3,(H,22,24)/b21-12-. The van der Waals surface area contributed by atoms with Gasteiger partial charge in [0.25, 0.3) is 5.91 Å². The van der Waals surface area contributed by atoms with Crippen LogP contribution in [-0.2, 0) is 6.42 Å². The fourth-order valence-electron chi connectivity index (χ4n) is 2.21. The lowest BCUT2D eigenvalue weighted by atomic mass is 10.1. The van der Waals surface area contributed by atoms with Crippen molar-refractivity contribution in [2.45, 2.75) is 13.3 Å². The number of benzene rings is 2. The number of amides is 1. The minimum absolute atomic E-state index is 0.0503. The van der Waals surface area contributed by atoms with Crippen LogP contribution in [0, 0.1) is 5.82 Å². The number of phenols is 1. The number of carbonyl (C=O) groups excluding carboxylic acids is 1. The number of hydrazone groups is 1. The number of halogens is 1. The molecule has 0 aliphatic heterocycles. The van der Waals surface area contributed by atoms with Gasteiger partial charge in [0.15, 0.2) is 11.5 Å². The van der Waals surface area contributed by atoms with Crippen molar-refractivity contribution in [2.24, 2.45) is 5.10 Å². The minimum atomic E-state index is -0.649. The van der Waals surface area contributed by atoms with Crippen molar-refractivity contribution >= 4 is 12.1 Å². The Bertz CT molecular complexity index is 803. The lowest BCUT2D eigenvalue weighted by Crippen LogP contribution is -2.18. The summed E-state index contributed by atoms with van der Waals surface area (Å²) in [6.45, 7) is 5.85. The monoisotopic (exact) mass is 342 g/mol.